The number of nitrogens with one attached hydrogen (secondary N) is 1. The smallest absolute Gasteiger partial charge is 0.355 e. The molecule has 0 fully saturated rings. The van der Waals surface area contributed by atoms with E-state index in [1.807, 2.05) is 42.8 Å². The van der Waals surface area contributed by atoms with E-state index in [1.54, 1.807) is 6.92 Å². The predicted molar refractivity (Wildman–Crippen MR) is 107 cm³/mol. The molecule has 0 saturated heterocycles. The maximum absolute atomic E-state index is 12.5. The van der Waals surface area contributed by atoms with Crippen molar-refractivity contribution < 1.29 is 17.9 Å². The Labute approximate surface area is 161 Å². The Morgan fingerprint density at radius 1 is 1.19 bits per heavy atom. The lowest BCUT2D eigenvalue weighted by Gasteiger charge is -2.09. The molecule has 0 radical (unpaired) electrons. The molecule has 2 aromatic rings. The van der Waals surface area contributed by atoms with Gasteiger partial charge in [-0.1, -0.05) is 31.2 Å². The van der Waals surface area contributed by atoms with Gasteiger partial charge in [-0.2, -0.15) is 0 Å². The Morgan fingerprint density at radius 2 is 1.81 bits per heavy atom. The monoisotopic (exact) mass is 392 g/mol. The number of hydrogen-bond acceptors (Lipinski definition) is 4. The second-order valence-electron chi connectivity index (χ2n) is 6.54. The highest BCUT2D eigenvalue weighted by molar-refractivity contribution is 7.88. The van der Waals surface area contributed by atoms with Crippen LogP contribution in [0.1, 0.15) is 41.2 Å². The number of benzene rings is 1. The van der Waals surface area contributed by atoms with Crippen LogP contribution in [0.5, 0.6) is 0 Å². The van der Waals surface area contributed by atoms with E-state index in [9.17, 15) is 13.2 Å². The van der Waals surface area contributed by atoms with Crippen LogP contribution in [-0.4, -0.2) is 38.4 Å². The Kier molecular flexibility index (Phi) is 6.84. The molecule has 1 heterocycles. The van der Waals surface area contributed by atoms with Crippen LogP contribution in [0.25, 0.3) is 11.1 Å². The summed E-state index contributed by atoms with van der Waals surface area (Å²) in [7, 11) is -1.29. The summed E-state index contributed by atoms with van der Waals surface area (Å²) in [6.07, 6.45) is 2.58. The summed E-state index contributed by atoms with van der Waals surface area (Å²) < 4.78 is 32.0. The zero-order valence-electron chi connectivity index (χ0n) is 16.6. The predicted octanol–water partition coefficient (Wildman–Crippen LogP) is 2.83. The Hall–Kier alpha value is -2.12. The quantitative estimate of drug-likeness (QED) is 0.701. The van der Waals surface area contributed by atoms with Gasteiger partial charge in [0.05, 0.1) is 12.9 Å². The lowest BCUT2D eigenvalue weighted by molar-refractivity contribution is 0.0516. The molecule has 27 heavy (non-hydrogen) atoms. The maximum atomic E-state index is 12.5. The molecule has 0 bridgehead atoms. The molecule has 0 aliphatic carbocycles. The number of sulfonamides is 1. The summed E-state index contributed by atoms with van der Waals surface area (Å²) >= 11 is 0. The number of carbonyl (C=O) groups excluding carboxylic acids is 1. The molecule has 1 aromatic heterocycles. The highest BCUT2D eigenvalue weighted by Crippen LogP contribution is 2.33. The van der Waals surface area contributed by atoms with Gasteiger partial charge in [0, 0.05) is 24.8 Å². The van der Waals surface area contributed by atoms with Crippen LogP contribution in [0.15, 0.2) is 24.3 Å². The standard InChI is InChI=1S/C20H28N2O4S/c1-6-17-14(3)18(19(22(17)4)20(23)26-7-2)16-10-8-15(9-11-16)12-13-21-27(5,24)25/h8-11,21H,6-7,12-13H2,1-5H3. The van der Waals surface area contributed by atoms with E-state index in [0.717, 1.165) is 40.6 Å². The fraction of sp³-hybridized carbons (Fsp3) is 0.450. The van der Waals surface area contributed by atoms with Crippen LogP contribution in [0.3, 0.4) is 0 Å². The van der Waals surface area contributed by atoms with Crippen LogP contribution < -0.4 is 4.72 Å². The number of nitrogens with zero attached hydrogens (tertiary/aromatic N) is 1. The fourth-order valence-corrected chi connectivity index (χ4v) is 3.86. The lowest BCUT2D eigenvalue weighted by atomic mass is 9.98. The Bertz CT molecular complexity index is 912. The normalized spacial score (nSPS) is 11.6. The number of rotatable bonds is 8. The molecule has 0 aliphatic rings. The average molecular weight is 393 g/mol. The van der Waals surface area contributed by atoms with Gasteiger partial charge in [-0.15, -0.1) is 0 Å². The van der Waals surface area contributed by atoms with Crippen molar-refractivity contribution in [2.75, 3.05) is 19.4 Å². The molecule has 2 rings (SSSR count). The third kappa shape index (κ3) is 4.99. The molecule has 0 unspecified atom stereocenters. The van der Waals surface area contributed by atoms with E-state index in [0.29, 0.717) is 25.3 Å². The molecular weight excluding hydrogens is 364 g/mol. The van der Waals surface area contributed by atoms with Gasteiger partial charge in [-0.25, -0.2) is 17.9 Å². The van der Waals surface area contributed by atoms with E-state index >= 15 is 0 Å². The maximum Gasteiger partial charge on any atom is 0.355 e. The Balaban J connectivity index is 2.36. The van der Waals surface area contributed by atoms with E-state index in [-0.39, 0.29) is 5.97 Å². The van der Waals surface area contributed by atoms with E-state index in [4.69, 9.17) is 4.74 Å². The molecule has 1 N–H and O–H groups in total. The van der Waals surface area contributed by atoms with Crippen molar-refractivity contribution in [2.24, 2.45) is 7.05 Å². The summed E-state index contributed by atoms with van der Waals surface area (Å²) in [5.41, 5.74) is 5.62. The first kappa shape index (κ1) is 21.2. The zero-order valence-corrected chi connectivity index (χ0v) is 17.4. The van der Waals surface area contributed by atoms with Crippen molar-refractivity contribution in [3.05, 3.63) is 46.8 Å². The zero-order chi connectivity index (χ0) is 20.2. The molecule has 0 amide bonds. The summed E-state index contributed by atoms with van der Waals surface area (Å²) in [5.74, 6) is -0.320. The van der Waals surface area contributed by atoms with Gasteiger partial charge in [0.15, 0.2) is 0 Å². The third-order valence-electron chi connectivity index (χ3n) is 4.61. The minimum absolute atomic E-state index is 0.320. The summed E-state index contributed by atoms with van der Waals surface area (Å²) in [4.78, 5) is 12.5. The Morgan fingerprint density at radius 3 is 2.33 bits per heavy atom. The second-order valence-corrected chi connectivity index (χ2v) is 8.37. The van der Waals surface area contributed by atoms with Crippen molar-refractivity contribution in [1.29, 1.82) is 0 Å². The highest BCUT2D eigenvalue weighted by Gasteiger charge is 2.24. The van der Waals surface area contributed by atoms with Crippen molar-refractivity contribution in [1.82, 2.24) is 9.29 Å². The van der Waals surface area contributed by atoms with Gasteiger partial charge < -0.3 is 9.30 Å². The van der Waals surface area contributed by atoms with Gasteiger partial charge >= 0.3 is 5.97 Å². The van der Waals surface area contributed by atoms with Crippen molar-refractivity contribution in [3.8, 4) is 11.1 Å². The van der Waals surface area contributed by atoms with Gasteiger partial charge in [-0.3, -0.25) is 0 Å². The summed E-state index contributed by atoms with van der Waals surface area (Å²) in [5, 5.41) is 0. The molecule has 1 aromatic carbocycles. The summed E-state index contributed by atoms with van der Waals surface area (Å²) in [6.45, 7) is 6.58. The highest BCUT2D eigenvalue weighted by atomic mass is 32.2. The van der Waals surface area contributed by atoms with E-state index < -0.39 is 10.0 Å². The first-order valence-corrected chi connectivity index (χ1v) is 11.0. The molecule has 6 nitrogen and oxygen atoms in total. The fourth-order valence-electron chi connectivity index (χ4n) is 3.39. The average Bonchev–Trinajstić information content (AvgIpc) is 2.85. The van der Waals surface area contributed by atoms with Crippen molar-refractivity contribution >= 4 is 16.0 Å². The van der Waals surface area contributed by atoms with Gasteiger partial charge in [0.25, 0.3) is 0 Å². The number of carbonyl (C=O) groups is 1. The third-order valence-corrected chi connectivity index (χ3v) is 5.34. The van der Waals surface area contributed by atoms with Gasteiger partial charge in [0.1, 0.15) is 5.69 Å². The molecule has 0 saturated carbocycles. The topological polar surface area (TPSA) is 77.4 Å². The molecule has 0 aliphatic heterocycles. The summed E-state index contributed by atoms with van der Waals surface area (Å²) in [6, 6.07) is 7.87. The van der Waals surface area contributed by atoms with Crippen LogP contribution in [0.2, 0.25) is 0 Å². The van der Waals surface area contributed by atoms with Crippen molar-refractivity contribution in [2.45, 2.75) is 33.6 Å². The minimum Gasteiger partial charge on any atom is -0.461 e. The van der Waals surface area contributed by atoms with E-state index in [2.05, 4.69) is 11.6 Å². The number of aromatic nitrogens is 1. The van der Waals surface area contributed by atoms with Gasteiger partial charge in [0.2, 0.25) is 10.0 Å². The number of hydrogen-bond donors (Lipinski definition) is 1. The SMILES string of the molecule is CCOC(=O)c1c(-c2ccc(CCNS(C)(=O)=O)cc2)c(C)c(CC)n1C. The minimum atomic E-state index is -3.18. The first-order valence-electron chi connectivity index (χ1n) is 9.08. The lowest BCUT2D eigenvalue weighted by Crippen LogP contribution is -2.24. The van der Waals surface area contributed by atoms with Crippen LogP contribution >= 0.6 is 0 Å². The van der Waals surface area contributed by atoms with Crippen LogP contribution in [0, 0.1) is 6.92 Å². The molecule has 0 spiro atoms. The largest absolute Gasteiger partial charge is 0.461 e. The number of esters is 1. The van der Waals surface area contributed by atoms with E-state index in [1.165, 1.54) is 0 Å². The molecular formula is C20H28N2O4S. The molecule has 0 atom stereocenters. The second kappa shape index (κ2) is 8.71. The first-order chi connectivity index (χ1) is 12.7. The van der Waals surface area contributed by atoms with Crippen LogP contribution in [0.4, 0.5) is 0 Å². The number of ether oxygens (including phenoxy) is 1. The molecule has 7 heteroatoms. The van der Waals surface area contributed by atoms with Crippen molar-refractivity contribution in [3.63, 3.8) is 0 Å². The van der Waals surface area contributed by atoms with Gasteiger partial charge in [-0.05, 0) is 43.4 Å². The molecule has 148 valence electrons. The van der Waals surface area contributed by atoms with Crippen LogP contribution in [-0.2, 0) is 34.6 Å².